The lowest BCUT2D eigenvalue weighted by atomic mass is 10.2. The van der Waals surface area contributed by atoms with Gasteiger partial charge in [-0.25, -0.2) is 12.8 Å². The van der Waals surface area contributed by atoms with Gasteiger partial charge in [0.05, 0.1) is 4.90 Å². The highest BCUT2D eigenvalue weighted by Gasteiger charge is 2.28. The first-order valence-corrected chi connectivity index (χ1v) is 10.7. The number of hydrogen-bond acceptors (Lipinski definition) is 5. The first-order valence-electron chi connectivity index (χ1n) is 8.22. The smallest absolute Gasteiger partial charge is 0.228 e. The number of sulfone groups is 1. The molecule has 3 rings (SSSR count). The van der Waals surface area contributed by atoms with Crippen LogP contribution in [0.15, 0.2) is 74.0 Å². The monoisotopic (exact) mass is 391 g/mol. The van der Waals surface area contributed by atoms with Gasteiger partial charge in [-0.05, 0) is 42.8 Å². The number of nitrogens with zero attached hydrogens (tertiary/aromatic N) is 1. The van der Waals surface area contributed by atoms with Gasteiger partial charge in [-0.2, -0.15) is 4.98 Å². The Morgan fingerprint density at radius 3 is 2.42 bits per heavy atom. The van der Waals surface area contributed by atoms with Crippen molar-refractivity contribution >= 4 is 21.6 Å². The molecule has 4 nitrogen and oxygen atoms in total. The molecule has 0 bridgehead atoms. The van der Waals surface area contributed by atoms with E-state index in [2.05, 4.69) is 11.9 Å². The minimum atomic E-state index is -3.90. The average molecular weight is 391 g/mol. The van der Waals surface area contributed by atoms with Crippen LogP contribution in [-0.4, -0.2) is 19.2 Å². The van der Waals surface area contributed by atoms with E-state index in [-0.39, 0.29) is 20.9 Å². The molecule has 0 amide bonds. The summed E-state index contributed by atoms with van der Waals surface area (Å²) in [7, 11) is -3.90. The zero-order valence-electron chi connectivity index (χ0n) is 14.2. The Bertz CT molecular complexity index is 968. The van der Waals surface area contributed by atoms with Crippen LogP contribution in [-0.2, 0) is 9.84 Å². The van der Waals surface area contributed by atoms with E-state index in [0.717, 1.165) is 30.7 Å². The maximum atomic E-state index is 13.2. The topological polar surface area (TPSA) is 60.2 Å². The first kappa shape index (κ1) is 18.7. The van der Waals surface area contributed by atoms with Crippen LogP contribution in [0.25, 0.3) is 11.5 Å². The Morgan fingerprint density at radius 2 is 1.77 bits per heavy atom. The van der Waals surface area contributed by atoms with Gasteiger partial charge >= 0.3 is 0 Å². The molecule has 1 aromatic heterocycles. The molecule has 0 aliphatic heterocycles. The maximum Gasteiger partial charge on any atom is 0.228 e. The van der Waals surface area contributed by atoms with Crippen molar-refractivity contribution in [2.75, 3.05) is 5.75 Å². The Hall–Kier alpha value is -2.12. The van der Waals surface area contributed by atoms with Gasteiger partial charge in [0.25, 0.3) is 0 Å². The molecule has 136 valence electrons. The lowest BCUT2D eigenvalue weighted by molar-refractivity contribution is 0.470. The second-order valence-corrected chi connectivity index (χ2v) is 8.57. The van der Waals surface area contributed by atoms with Crippen molar-refractivity contribution in [2.24, 2.45) is 0 Å². The summed E-state index contributed by atoms with van der Waals surface area (Å²) >= 11 is 1.33. The zero-order valence-corrected chi connectivity index (χ0v) is 15.8. The third-order valence-corrected chi connectivity index (χ3v) is 6.54. The molecule has 0 radical (unpaired) electrons. The van der Waals surface area contributed by atoms with E-state index in [0.29, 0.717) is 5.56 Å². The molecular formula is C19H18FNO3S2. The molecule has 0 unspecified atom stereocenters. The maximum absolute atomic E-state index is 13.2. The lowest BCUT2D eigenvalue weighted by Crippen LogP contribution is -2.04. The molecule has 3 aromatic rings. The van der Waals surface area contributed by atoms with E-state index in [1.807, 2.05) is 18.2 Å². The van der Waals surface area contributed by atoms with E-state index >= 15 is 0 Å². The number of halogens is 1. The standard InChI is InChI=1S/C19H18FNO3S2/c1-2-3-13-25-19-18(21-17(24-19)14-7-5-4-6-8-14)26(22,23)16-11-9-15(20)10-12-16/h4-12H,2-3,13H2,1H3. The van der Waals surface area contributed by atoms with Crippen molar-refractivity contribution in [1.29, 1.82) is 0 Å². The second-order valence-electron chi connectivity index (χ2n) is 5.64. The zero-order chi connectivity index (χ0) is 18.6. The van der Waals surface area contributed by atoms with Gasteiger partial charge in [-0.1, -0.05) is 43.3 Å². The summed E-state index contributed by atoms with van der Waals surface area (Å²) in [6.07, 6.45) is 1.93. The summed E-state index contributed by atoms with van der Waals surface area (Å²) in [5.41, 5.74) is 0.699. The number of unbranched alkanes of at least 4 members (excludes halogenated alkanes) is 1. The molecule has 0 atom stereocenters. The fourth-order valence-electron chi connectivity index (χ4n) is 2.29. The Morgan fingerprint density at radius 1 is 1.08 bits per heavy atom. The van der Waals surface area contributed by atoms with Crippen molar-refractivity contribution in [3.63, 3.8) is 0 Å². The van der Waals surface area contributed by atoms with Crippen molar-refractivity contribution in [3.05, 3.63) is 60.4 Å². The molecule has 2 aromatic carbocycles. The Labute approximate surface area is 156 Å². The van der Waals surface area contributed by atoms with E-state index in [1.54, 1.807) is 12.1 Å². The summed E-state index contributed by atoms with van der Waals surface area (Å²) in [6.45, 7) is 2.06. The van der Waals surface area contributed by atoms with Crippen molar-refractivity contribution in [3.8, 4) is 11.5 Å². The summed E-state index contributed by atoms with van der Waals surface area (Å²) in [5, 5.41) is 0.144. The molecule has 1 heterocycles. The van der Waals surface area contributed by atoms with Crippen molar-refractivity contribution in [2.45, 2.75) is 34.8 Å². The summed E-state index contributed by atoms with van der Waals surface area (Å²) in [4.78, 5) is 4.25. The molecule has 0 fully saturated rings. The van der Waals surface area contributed by atoms with Crippen LogP contribution in [0.5, 0.6) is 0 Å². The third-order valence-electron chi connectivity index (χ3n) is 3.70. The van der Waals surface area contributed by atoms with Crippen LogP contribution < -0.4 is 0 Å². The van der Waals surface area contributed by atoms with E-state index in [4.69, 9.17) is 4.42 Å². The summed E-state index contributed by atoms with van der Waals surface area (Å²) < 4.78 is 44.9. The van der Waals surface area contributed by atoms with Crippen LogP contribution in [0, 0.1) is 5.82 Å². The van der Waals surface area contributed by atoms with Gasteiger partial charge < -0.3 is 4.42 Å². The minimum Gasteiger partial charge on any atom is -0.428 e. The fraction of sp³-hybridized carbons (Fsp3) is 0.211. The number of aromatic nitrogens is 1. The van der Waals surface area contributed by atoms with Gasteiger partial charge in [-0.15, -0.1) is 0 Å². The lowest BCUT2D eigenvalue weighted by Gasteiger charge is -2.03. The highest BCUT2D eigenvalue weighted by molar-refractivity contribution is 8.00. The van der Waals surface area contributed by atoms with E-state index < -0.39 is 15.7 Å². The number of thioether (sulfide) groups is 1. The highest BCUT2D eigenvalue weighted by atomic mass is 32.2. The quantitative estimate of drug-likeness (QED) is 0.314. The van der Waals surface area contributed by atoms with Crippen LogP contribution in [0.1, 0.15) is 19.8 Å². The minimum absolute atomic E-state index is 0.0100. The fourth-order valence-corrected chi connectivity index (χ4v) is 4.91. The third kappa shape index (κ3) is 3.99. The molecule has 0 saturated carbocycles. The molecule has 0 spiro atoms. The molecule has 26 heavy (non-hydrogen) atoms. The number of hydrogen-bond donors (Lipinski definition) is 0. The number of oxazole rings is 1. The normalized spacial score (nSPS) is 11.6. The predicted molar refractivity (Wildman–Crippen MR) is 99.4 cm³/mol. The van der Waals surface area contributed by atoms with Crippen molar-refractivity contribution in [1.82, 2.24) is 4.98 Å². The van der Waals surface area contributed by atoms with Gasteiger partial charge in [0.1, 0.15) is 5.82 Å². The van der Waals surface area contributed by atoms with E-state index in [1.165, 1.54) is 23.9 Å². The number of rotatable bonds is 7. The molecule has 0 saturated heterocycles. The highest BCUT2D eigenvalue weighted by Crippen LogP contribution is 2.35. The Kier molecular flexibility index (Phi) is 5.78. The van der Waals surface area contributed by atoms with Gasteiger partial charge in [-0.3, -0.25) is 0 Å². The van der Waals surface area contributed by atoms with Gasteiger partial charge in [0, 0.05) is 11.3 Å². The van der Waals surface area contributed by atoms with Crippen LogP contribution in [0.4, 0.5) is 4.39 Å². The molecule has 0 aliphatic rings. The SMILES string of the molecule is CCCCSc1oc(-c2ccccc2)nc1S(=O)(=O)c1ccc(F)cc1. The first-order chi connectivity index (χ1) is 12.5. The molecular weight excluding hydrogens is 373 g/mol. The van der Waals surface area contributed by atoms with Crippen molar-refractivity contribution < 1.29 is 17.2 Å². The number of benzene rings is 2. The van der Waals surface area contributed by atoms with Crippen LogP contribution in [0.2, 0.25) is 0 Å². The van der Waals surface area contributed by atoms with Crippen LogP contribution >= 0.6 is 11.8 Å². The van der Waals surface area contributed by atoms with Gasteiger partial charge in [0.15, 0.2) is 0 Å². The van der Waals surface area contributed by atoms with Gasteiger partial charge in [0.2, 0.25) is 25.8 Å². The van der Waals surface area contributed by atoms with E-state index in [9.17, 15) is 12.8 Å². The predicted octanol–water partition coefficient (Wildman–Crippen LogP) is 5.21. The summed E-state index contributed by atoms with van der Waals surface area (Å²) in [5.74, 6) is 0.489. The Balaban J connectivity index is 2.06. The molecule has 7 heteroatoms. The largest absolute Gasteiger partial charge is 0.428 e. The second kappa shape index (κ2) is 8.05. The average Bonchev–Trinajstić information content (AvgIpc) is 3.08. The molecule has 0 aliphatic carbocycles. The summed E-state index contributed by atoms with van der Waals surface area (Å²) in [6, 6.07) is 13.9. The van der Waals surface area contributed by atoms with Crippen LogP contribution in [0.3, 0.4) is 0 Å². The molecule has 0 N–H and O–H groups in total.